The highest BCUT2D eigenvalue weighted by Gasteiger charge is 2.34. The molecule has 0 radical (unpaired) electrons. The SMILES string of the molecule is CC(CCCN1C(=O)c2ccccc2C1=O)CC(=O)OCc1ccccc1. The van der Waals surface area contributed by atoms with Crippen molar-refractivity contribution in [2.24, 2.45) is 5.92 Å². The normalized spacial score (nSPS) is 14.2. The van der Waals surface area contributed by atoms with Crippen molar-refractivity contribution in [1.82, 2.24) is 4.90 Å². The maximum Gasteiger partial charge on any atom is 0.306 e. The summed E-state index contributed by atoms with van der Waals surface area (Å²) in [5.74, 6) is -0.563. The van der Waals surface area contributed by atoms with Crippen molar-refractivity contribution in [1.29, 1.82) is 0 Å². The van der Waals surface area contributed by atoms with Gasteiger partial charge in [0.2, 0.25) is 0 Å². The van der Waals surface area contributed by atoms with Crippen molar-refractivity contribution in [3.63, 3.8) is 0 Å². The topological polar surface area (TPSA) is 63.7 Å². The Kier molecular flexibility index (Phi) is 6.01. The molecular formula is C22H23NO4. The minimum atomic E-state index is -0.231. The Labute approximate surface area is 158 Å². The second-order valence-corrected chi connectivity index (χ2v) is 6.91. The Morgan fingerprint density at radius 2 is 1.56 bits per heavy atom. The summed E-state index contributed by atoms with van der Waals surface area (Å²) in [5, 5.41) is 0. The van der Waals surface area contributed by atoms with Crippen LogP contribution in [0.2, 0.25) is 0 Å². The summed E-state index contributed by atoms with van der Waals surface area (Å²) in [6.07, 6.45) is 1.74. The molecule has 3 rings (SSSR count). The van der Waals surface area contributed by atoms with Crippen molar-refractivity contribution in [2.75, 3.05) is 6.54 Å². The first-order valence-corrected chi connectivity index (χ1v) is 9.21. The number of amides is 2. The van der Waals surface area contributed by atoms with E-state index in [9.17, 15) is 14.4 Å². The van der Waals surface area contributed by atoms with Crippen LogP contribution < -0.4 is 0 Å². The molecule has 27 heavy (non-hydrogen) atoms. The number of esters is 1. The molecule has 0 spiro atoms. The molecule has 2 aromatic carbocycles. The van der Waals surface area contributed by atoms with E-state index in [0.29, 0.717) is 30.5 Å². The monoisotopic (exact) mass is 365 g/mol. The predicted octanol–water partition coefficient (Wildman–Crippen LogP) is 3.83. The van der Waals surface area contributed by atoms with Crippen LogP contribution in [0.1, 0.15) is 52.5 Å². The highest BCUT2D eigenvalue weighted by molar-refractivity contribution is 6.21. The van der Waals surface area contributed by atoms with Gasteiger partial charge in [0.1, 0.15) is 6.61 Å². The molecule has 0 saturated carbocycles. The Hall–Kier alpha value is -2.95. The molecule has 1 aliphatic heterocycles. The van der Waals surface area contributed by atoms with E-state index in [4.69, 9.17) is 4.74 Å². The fourth-order valence-electron chi connectivity index (χ4n) is 3.22. The lowest BCUT2D eigenvalue weighted by molar-refractivity contribution is -0.146. The minimum Gasteiger partial charge on any atom is -0.461 e. The Balaban J connectivity index is 1.40. The van der Waals surface area contributed by atoms with Crippen LogP contribution in [-0.2, 0) is 16.1 Å². The molecule has 0 N–H and O–H groups in total. The van der Waals surface area contributed by atoms with E-state index >= 15 is 0 Å². The van der Waals surface area contributed by atoms with Gasteiger partial charge in [0, 0.05) is 13.0 Å². The van der Waals surface area contributed by atoms with Crippen LogP contribution in [0.25, 0.3) is 0 Å². The van der Waals surface area contributed by atoms with Crippen LogP contribution in [0, 0.1) is 5.92 Å². The van der Waals surface area contributed by atoms with Crippen LogP contribution in [-0.4, -0.2) is 29.2 Å². The molecule has 5 heteroatoms. The van der Waals surface area contributed by atoms with Crippen molar-refractivity contribution in [2.45, 2.75) is 32.8 Å². The van der Waals surface area contributed by atoms with Gasteiger partial charge < -0.3 is 4.74 Å². The average Bonchev–Trinajstić information content (AvgIpc) is 2.92. The zero-order valence-electron chi connectivity index (χ0n) is 15.4. The van der Waals surface area contributed by atoms with Crippen molar-refractivity contribution in [3.05, 3.63) is 71.3 Å². The third-order valence-electron chi connectivity index (χ3n) is 4.71. The summed E-state index contributed by atoms with van der Waals surface area (Å²) in [7, 11) is 0. The van der Waals surface area contributed by atoms with Gasteiger partial charge in [0.25, 0.3) is 11.8 Å². The molecule has 5 nitrogen and oxygen atoms in total. The summed E-state index contributed by atoms with van der Waals surface area (Å²) in [5.41, 5.74) is 1.91. The molecule has 0 aromatic heterocycles. The number of hydrogen-bond donors (Lipinski definition) is 0. The molecule has 0 aliphatic carbocycles. The summed E-state index contributed by atoms with van der Waals surface area (Å²) in [4.78, 5) is 37.9. The van der Waals surface area contributed by atoms with E-state index in [1.807, 2.05) is 37.3 Å². The lowest BCUT2D eigenvalue weighted by Crippen LogP contribution is -2.31. The summed E-state index contributed by atoms with van der Waals surface area (Å²) in [6, 6.07) is 16.4. The average molecular weight is 365 g/mol. The number of benzene rings is 2. The summed E-state index contributed by atoms with van der Waals surface area (Å²) >= 11 is 0. The fourth-order valence-corrected chi connectivity index (χ4v) is 3.22. The number of ether oxygens (including phenoxy) is 1. The van der Waals surface area contributed by atoms with Crippen LogP contribution in [0.15, 0.2) is 54.6 Å². The zero-order chi connectivity index (χ0) is 19.2. The predicted molar refractivity (Wildman–Crippen MR) is 101 cm³/mol. The van der Waals surface area contributed by atoms with Gasteiger partial charge in [0.05, 0.1) is 11.1 Å². The maximum atomic E-state index is 12.3. The van der Waals surface area contributed by atoms with E-state index in [2.05, 4.69) is 0 Å². The first-order valence-electron chi connectivity index (χ1n) is 9.21. The van der Waals surface area contributed by atoms with Gasteiger partial charge in [-0.15, -0.1) is 0 Å². The second-order valence-electron chi connectivity index (χ2n) is 6.91. The van der Waals surface area contributed by atoms with Crippen LogP contribution >= 0.6 is 0 Å². The fraction of sp³-hybridized carbons (Fsp3) is 0.318. The number of nitrogens with zero attached hydrogens (tertiary/aromatic N) is 1. The van der Waals surface area contributed by atoms with Crippen LogP contribution in [0.3, 0.4) is 0 Å². The highest BCUT2D eigenvalue weighted by atomic mass is 16.5. The first kappa shape index (κ1) is 18.8. The third-order valence-corrected chi connectivity index (χ3v) is 4.71. The van der Waals surface area contributed by atoms with E-state index in [0.717, 1.165) is 12.0 Å². The van der Waals surface area contributed by atoms with Gasteiger partial charge in [-0.25, -0.2) is 0 Å². The lowest BCUT2D eigenvalue weighted by Gasteiger charge is -2.16. The molecule has 0 bridgehead atoms. The molecule has 2 aromatic rings. The second kappa shape index (κ2) is 8.62. The zero-order valence-corrected chi connectivity index (χ0v) is 15.4. The molecule has 1 heterocycles. The number of rotatable bonds is 8. The van der Waals surface area contributed by atoms with Crippen LogP contribution in [0.5, 0.6) is 0 Å². The van der Waals surface area contributed by atoms with E-state index < -0.39 is 0 Å². The maximum absolute atomic E-state index is 12.3. The summed E-state index contributed by atoms with van der Waals surface area (Å²) < 4.78 is 5.30. The summed E-state index contributed by atoms with van der Waals surface area (Å²) in [6.45, 7) is 2.63. The van der Waals surface area contributed by atoms with Gasteiger partial charge in [-0.2, -0.15) is 0 Å². The highest BCUT2D eigenvalue weighted by Crippen LogP contribution is 2.23. The third kappa shape index (κ3) is 4.61. The van der Waals surface area contributed by atoms with Crippen LogP contribution in [0.4, 0.5) is 0 Å². The van der Waals surface area contributed by atoms with Gasteiger partial charge in [-0.05, 0) is 36.5 Å². The van der Waals surface area contributed by atoms with Crippen molar-refractivity contribution < 1.29 is 19.1 Å². The molecule has 1 atom stereocenters. The molecular weight excluding hydrogens is 342 g/mol. The molecule has 1 unspecified atom stereocenters. The smallest absolute Gasteiger partial charge is 0.306 e. The number of fused-ring (bicyclic) bond motifs is 1. The quantitative estimate of drug-likeness (QED) is 0.527. The standard InChI is InChI=1S/C22H23NO4/c1-16(14-20(24)27-15-17-9-3-2-4-10-17)8-7-13-23-21(25)18-11-5-6-12-19(18)22(23)26/h2-6,9-12,16H,7-8,13-15H2,1H3. The molecule has 2 amide bonds. The molecule has 0 saturated heterocycles. The largest absolute Gasteiger partial charge is 0.461 e. The van der Waals surface area contributed by atoms with Crippen molar-refractivity contribution in [3.8, 4) is 0 Å². The van der Waals surface area contributed by atoms with E-state index in [1.54, 1.807) is 24.3 Å². The van der Waals surface area contributed by atoms with Gasteiger partial charge >= 0.3 is 5.97 Å². The van der Waals surface area contributed by atoms with E-state index in [1.165, 1.54) is 4.90 Å². The number of carbonyl (C=O) groups excluding carboxylic acids is 3. The van der Waals surface area contributed by atoms with E-state index in [-0.39, 0.29) is 30.3 Å². The van der Waals surface area contributed by atoms with Gasteiger partial charge in [-0.3, -0.25) is 19.3 Å². The first-order chi connectivity index (χ1) is 13.1. The minimum absolute atomic E-state index is 0.128. The Morgan fingerprint density at radius 3 is 2.19 bits per heavy atom. The van der Waals surface area contributed by atoms with Crippen molar-refractivity contribution >= 4 is 17.8 Å². The van der Waals surface area contributed by atoms with Gasteiger partial charge in [-0.1, -0.05) is 49.4 Å². The molecule has 140 valence electrons. The Bertz CT molecular complexity index is 796. The number of hydrogen-bond acceptors (Lipinski definition) is 4. The number of imide groups is 1. The lowest BCUT2D eigenvalue weighted by atomic mass is 10.0. The molecule has 0 fully saturated rings. The number of carbonyl (C=O) groups is 3. The Morgan fingerprint density at radius 1 is 0.963 bits per heavy atom. The molecule has 1 aliphatic rings. The van der Waals surface area contributed by atoms with Gasteiger partial charge in [0.15, 0.2) is 0 Å².